The molecular weight excluding hydrogens is 260 g/mol. The maximum Gasteiger partial charge on any atom is 0.228 e. The Morgan fingerprint density at radius 3 is 2.90 bits per heavy atom. The first-order valence-electron chi connectivity index (χ1n) is 8.27. The van der Waals surface area contributed by atoms with Crippen LogP contribution in [0, 0.1) is 5.92 Å². The van der Waals surface area contributed by atoms with Crippen LogP contribution < -0.4 is 4.90 Å². The molecule has 2 atom stereocenters. The Morgan fingerprint density at radius 2 is 2.10 bits per heavy atom. The van der Waals surface area contributed by atoms with Crippen LogP contribution in [-0.2, 0) is 11.2 Å². The van der Waals surface area contributed by atoms with E-state index >= 15 is 0 Å². The molecule has 3 rings (SSSR count). The van der Waals surface area contributed by atoms with Crippen molar-refractivity contribution in [3.8, 4) is 0 Å². The van der Waals surface area contributed by atoms with Gasteiger partial charge in [-0.3, -0.25) is 4.79 Å². The molecule has 1 fully saturated rings. The van der Waals surface area contributed by atoms with E-state index in [0.717, 1.165) is 37.7 Å². The Hall–Kier alpha value is -1.35. The number of anilines is 1. The van der Waals surface area contributed by atoms with Crippen molar-refractivity contribution in [2.45, 2.75) is 45.6 Å². The molecule has 0 aromatic heterocycles. The standard InChI is InChI=1S/C18H26N2O/c1-14-6-5-10-19(13-14)11-9-18(21)20-15(2)12-16-7-3-4-8-17(16)20/h3-4,7-8,14-15H,5-6,9-13H2,1-2H3. The van der Waals surface area contributed by atoms with Gasteiger partial charge in [0.1, 0.15) is 0 Å². The van der Waals surface area contributed by atoms with E-state index in [1.54, 1.807) is 0 Å². The average molecular weight is 286 g/mol. The molecule has 2 unspecified atom stereocenters. The minimum atomic E-state index is 0.283. The van der Waals surface area contributed by atoms with E-state index < -0.39 is 0 Å². The van der Waals surface area contributed by atoms with Crippen molar-refractivity contribution in [2.75, 3.05) is 24.5 Å². The fraction of sp³-hybridized carbons (Fsp3) is 0.611. The Balaban J connectivity index is 1.60. The minimum absolute atomic E-state index is 0.283. The Labute approximate surface area is 127 Å². The SMILES string of the molecule is CC1CCCN(CCC(=O)N2c3ccccc3CC2C)C1. The summed E-state index contributed by atoms with van der Waals surface area (Å²) in [4.78, 5) is 17.1. The van der Waals surface area contributed by atoms with Gasteiger partial charge < -0.3 is 9.80 Å². The summed E-state index contributed by atoms with van der Waals surface area (Å²) in [5.41, 5.74) is 2.44. The molecule has 0 radical (unpaired) electrons. The molecule has 3 heteroatoms. The van der Waals surface area contributed by atoms with E-state index in [0.29, 0.717) is 12.5 Å². The third-order valence-electron chi connectivity index (χ3n) is 4.86. The van der Waals surface area contributed by atoms with E-state index in [1.807, 2.05) is 11.0 Å². The Kier molecular flexibility index (Phi) is 4.29. The lowest BCUT2D eigenvalue weighted by Gasteiger charge is -2.31. The van der Waals surface area contributed by atoms with Gasteiger partial charge in [-0.05, 0) is 50.3 Å². The van der Waals surface area contributed by atoms with Gasteiger partial charge in [0.15, 0.2) is 0 Å². The number of likely N-dealkylation sites (tertiary alicyclic amines) is 1. The van der Waals surface area contributed by atoms with Crippen molar-refractivity contribution in [2.24, 2.45) is 5.92 Å². The highest BCUT2D eigenvalue weighted by atomic mass is 16.2. The van der Waals surface area contributed by atoms with Gasteiger partial charge in [-0.2, -0.15) is 0 Å². The zero-order valence-corrected chi connectivity index (χ0v) is 13.2. The lowest BCUT2D eigenvalue weighted by atomic mass is 10.0. The molecule has 1 amide bonds. The molecule has 0 spiro atoms. The van der Waals surface area contributed by atoms with Crippen LogP contribution in [0.4, 0.5) is 5.69 Å². The summed E-state index contributed by atoms with van der Waals surface area (Å²) in [5.74, 6) is 1.06. The van der Waals surface area contributed by atoms with Gasteiger partial charge >= 0.3 is 0 Å². The molecule has 0 bridgehead atoms. The summed E-state index contributed by atoms with van der Waals surface area (Å²) in [6, 6.07) is 8.62. The van der Waals surface area contributed by atoms with Crippen LogP contribution in [0.3, 0.4) is 0 Å². The lowest BCUT2D eigenvalue weighted by Crippen LogP contribution is -2.40. The zero-order valence-electron chi connectivity index (χ0n) is 13.2. The van der Waals surface area contributed by atoms with Crippen LogP contribution in [0.2, 0.25) is 0 Å². The third-order valence-corrected chi connectivity index (χ3v) is 4.86. The number of fused-ring (bicyclic) bond motifs is 1. The molecule has 21 heavy (non-hydrogen) atoms. The number of hydrogen-bond acceptors (Lipinski definition) is 2. The lowest BCUT2D eigenvalue weighted by molar-refractivity contribution is -0.119. The van der Waals surface area contributed by atoms with Crippen molar-refractivity contribution in [1.29, 1.82) is 0 Å². The molecule has 1 saturated heterocycles. The molecular formula is C18H26N2O. The summed E-state index contributed by atoms with van der Waals surface area (Å²) in [6.07, 6.45) is 4.24. The summed E-state index contributed by atoms with van der Waals surface area (Å²) >= 11 is 0. The van der Waals surface area contributed by atoms with Crippen LogP contribution in [-0.4, -0.2) is 36.5 Å². The molecule has 2 heterocycles. The van der Waals surface area contributed by atoms with Crippen LogP contribution in [0.1, 0.15) is 38.7 Å². The normalized spacial score (nSPS) is 25.9. The smallest absolute Gasteiger partial charge is 0.228 e. The predicted octanol–water partition coefficient (Wildman–Crippen LogP) is 3.09. The molecule has 0 N–H and O–H groups in total. The fourth-order valence-corrected chi connectivity index (χ4v) is 3.81. The van der Waals surface area contributed by atoms with E-state index in [4.69, 9.17) is 0 Å². The number of carbonyl (C=O) groups is 1. The molecule has 114 valence electrons. The van der Waals surface area contributed by atoms with Crippen LogP contribution in [0.15, 0.2) is 24.3 Å². The topological polar surface area (TPSA) is 23.6 Å². The molecule has 2 aliphatic heterocycles. The molecule has 0 aliphatic carbocycles. The fourth-order valence-electron chi connectivity index (χ4n) is 3.81. The quantitative estimate of drug-likeness (QED) is 0.852. The summed E-state index contributed by atoms with van der Waals surface area (Å²) in [5, 5.41) is 0. The number of rotatable bonds is 3. The van der Waals surface area contributed by atoms with Gasteiger partial charge in [0.2, 0.25) is 5.91 Å². The monoisotopic (exact) mass is 286 g/mol. The highest BCUT2D eigenvalue weighted by Gasteiger charge is 2.30. The molecule has 2 aliphatic rings. The van der Waals surface area contributed by atoms with E-state index in [9.17, 15) is 4.79 Å². The van der Waals surface area contributed by atoms with E-state index in [-0.39, 0.29) is 5.91 Å². The second kappa shape index (κ2) is 6.18. The van der Waals surface area contributed by atoms with Crippen molar-refractivity contribution >= 4 is 11.6 Å². The second-order valence-electron chi connectivity index (χ2n) is 6.74. The maximum atomic E-state index is 12.6. The second-order valence-corrected chi connectivity index (χ2v) is 6.74. The average Bonchev–Trinajstić information content (AvgIpc) is 2.81. The molecule has 3 nitrogen and oxygen atoms in total. The van der Waals surface area contributed by atoms with Crippen molar-refractivity contribution in [3.05, 3.63) is 29.8 Å². The van der Waals surface area contributed by atoms with Crippen LogP contribution >= 0.6 is 0 Å². The number of para-hydroxylation sites is 1. The van der Waals surface area contributed by atoms with Crippen molar-refractivity contribution < 1.29 is 4.79 Å². The van der Waals surface area contributed by atoms with E-state index in [1.165, 1.54) is 18.4 Å². The van der Waals surface area contributed by atoms with Gasteiger partial charge in [-0.25, -0.2) is 0 Å². The Morgan fingerprint density at radius 1 is 1.29 bits per heavy atom. The summed E-state index contributed by atoms with van der Waals surface area (Å²) in [7, 11) is 0. The van der Waals surface area contributed by atoms with Gasteiger partial charge in [0.25, 0.3) is 0 Å². The van der Waals surface area contributed by atoms with Gasteiger partial charge in [-0.1, -0.05) is 25.1 Å². The number of carbonyl (C=O) groups excluding carboxylic acids is 1. The first-order valence-corrected chi connectivity index (χ1v) is 8.27. The van der Waals surface area contributed by atoms with Gasteiger partial charge in [0.05, 0.1) is 0 Å². The first-order chi connectivity index (χ1) is 10.1. The third kappa shape index (κ3) is 3.13. The highest BCUT2D eigenvalue weighted by Crippen LogP contribution is 2.32. The highest BCUT2D eigenvalue weighted by molar-refractivity contribution is 5.96. The number of benzene rings is 1. The number of piperidine rings is 1. The Bertz CT molecular complexity index is 514. The summed E-state index contributed by atoms with van der Waals surface area (Å²) in [6.45, 7) is 7.69. The van der Waals surface area contributed by atoms with Crippen LogP contribution in [0.25, 0.3) is 0 Å². The maximum absolute atomic E-state index is 12.6. The largest absolute Gasteiger partial charge is 0.309 e. The van der Waals surface area contributed by atoms with Crippen molar-refractivity contribution in [3.63, 3.8) is 0 Å². The van der Waals surface area contributed by atoms with E-state index in [2.05, 4.69) is 36.9 Å². The van der Waals surface area contributed by atoms with Gasteiger partial charge in [0, 0.05) is 31.2 Å². The van der Waals surface area contributed by atoms with Crippen LogP contribution in [0.5, 0.6) is 0 Å². The van der Waals surface area contributed by atoms with Gasteiger partial charge in [-0.15, -0.1) is 0 Å². The minimum Gasteiger partial charge on any atom is -0.309 e. The predicted molar refractivity (Wildman–Crippen MR) is 86.5 cm³/mol. The zero-order chi connectivity index (χ0) is 14.8. The molecule has 1 aromatic rings. The number of hydrogen-bond donors (Lipinski definition) is 0. The first kappa shape index (κ1) is 14.6. The summed E-state index contributed by atoms with van der Waals surface area (Å²) < 4.78 is 0. The number of amides is 1. The number of nitrogens with zero attached hydrogens (tertiary/aromatic N) is 2. The molecule has 1 aromatic carbocycles. The molecule has 0 saturated carbocycles. The van der Waals surface area contributed by atoms with Crippen molar-refractivity contribution in [1.82, 2.24) is 4.90 Å².